The van der Waals surface area contributed by atoms with Crippen molar-refractivity contribution in [1.29, 1.82) is 0 Å². The molecule has 0 aromatic carbocycles. The van der Waals surface area contributed by atoms with Gasteiger partial charge in [0.1, 0.15) is 11.6 Å². The molecule has 1 aliphatic heterocycles. The third-order valence-corrected chi connectivity index (χ3v) is 3.77. The standard InChI is InChI=1S/C15H26N4/c1-4-14-9-15(18-12(3)17-14)19-8-6-7-13(11-19)10-16-5-2/h9,13,16H,4-8,10-11H2,1-3H3. The van der Waals surface area contributed by atoms with Crippen molar-refractivity contribution in [2.45, 2.75) is 40.0 Å². The van der Waals surface area contributed by atoms with Crippen LogP contribution in [0.1, 0.15) is 38.2 Å². The Balaban J connectivity index is 2.06. The minimum atomic E-state index is 0.744. The van der Waals surface area contributed by atoms with E-state index in [0.717, 1.165) is 55.9 Å². The van der Waals surface area contributed by atoms with Gasteiger partial charge in [-0.1, -0.05) is 13.8 Å². The molecular weight excluding hydrogens is 236 g/mol. The fraction of sp³-hybridized carbons (Fsp3) is 0.733. The van der Waals surface area contributed by atoms with Crippen molar-refractivity contribution >= 4 is 5.82 Å². The van der Waals surface area contributed by atoms with E-state index < -0.39 is 0 Å². The summed E-state index contributed by atoms with van der Waals surface area (Å²) >= 11 is 0. The van der Waals surface area contributed by atoms with Crippen molar-refractivity contribution in [3.63, 3.8) is 0 Å². The van der Waals surface area contributed by atoms with E-state index in [1.807, 2.05) is 6.92 Å². The first kappa shape index (κ1) is 14.3. The third-order valence-electron chi connectivity index (χ3n) is 3.77. The van der Waals surface area contributed by atoms with Crippen molar-refractivity contribution in [2.75, 3.05) is 31.1 Å². The molecule has 1 aliphatic rings. The lowest BCUT2D eigenvalue weighted by atomic mass is 9.98. The molecule has 1 unspecified atom stereocenters. The Morgan fingerprint density at radius 3 is 2.95 bits per heavy atom. The first-order valence-electron chi connectivity index (χ1n) is 7.53. The predicted octanol–water partition coefficient (Wildman–Crippen LogP) is 2.17. The quantitative estimate of drug-likeness (QED) is 0.883. The van der Waals surface area contributed by atoms with E-state index in [4.69, 9.17) is 0 Å². The molecule has 0 aliphatic carbocycles. The van der Waals surface area contributed by atoms with E-state index in [0.29, 0.717) is 0 Å². The molecule has 1 fully saturated rings. The zero-order valence-electron chi connectivity index (χ0n) is 12.4. The number of nitrogens with zero attached hydrogens (tertiary/aromatic N) is 3. The molecule has 4 nitrogen and oxygen atoms in total. The van der Waals surface area contributed by atoms with E-state index in [1.54, 1.807) is 0 Å². The van der Waals surface area contributed by atoms with Crippen LogP contribution in [-0.2, 0) is 6.42 Å². The van der Waals surface area contributed by atoms with Gasteiger partial charge in [0.15, 0.2) is 0 Å². The number of aryl methyl sites for hydroxylation is 2. The molecule has 106 valence electrons. The minimum absolute atomic E-state index is 0.744. The Labute approximate surface area is 116 Å². The van der Waals surface area contributed by atoms with Crippen molar-refractivity contribution in [3.05, 3.63) is 17.6 Å². The zero-order chi connectivity index (χ0) is 13.7. The first-order chi connectivity index (χ1) is 9.22. The summed E-state index contributed by atoms with van der Waals surface area (Å²) in [5.74, 6) is 2.75. The summed E-state index contributed by atoms with van der Waals surface area (Å²) < 4.78 is 0. The summed E-state index contributed by atoms with van der Waals surface area (Å²) in [5.41, 5.74) is 1.15. The van der Waals surface area contributed by atoms with E-state index in [2.05, 4.69) is 40.1 Å². The molecule has 1 atom stereocenters. The molecule has 4 heteroatoms. The van der Waals surface area contributed by atoms with Gasteiger partial charge in [0.05, 0.1) is 0 Å². The van der Waals surface area contributed by atoms with E-state index in [9.17, 15) is 0 Å². The predicted molar refractivity (Wildman–Crippen MR) is 79.6 cm³/mol. The molecule has 0 bridgehead atoms. The van der Waals surface area contributed by atoms with Crippen molar-refractivity contribution in [3.8, 4) is 0 Å². The molecule has 0 radical (unpaired) electrons. The highest BCUT2D eigenvalue weighted by Gasteiger charge is 2.21. The second kappa shape index (κ2) is 6.85. The molecule has 0 saturated carbocycles. The van der Waals surface area contributed by atoms with Gasteiger partial charge in [-0.2, -0.15) is 0 Å². The maximum Gasteiger partial charge on any atom is 0.132 e. The van der Waals surface area contributed by atoms with E-state index in [-0.39, 0.29) is 0 Å². The molecule has 0 amide bonds. The van der Waals surface area contributed by atoms with Crippen molar-refractivity contribution in [1.82, 2.24) is 15.3 Å². The van der Waals surface area contributed by atoms with Gasteiger partial charge in [0.2, 0.25) is 0 Å². The third kappa shape index (κ3) is 3.90. The smallest absolute Gasteiger partial charge is 0.132 e. The molecular formula is C15H26N4. The van der Waals surface area contributed by atoms with Gasteiger partial charge < -0.3 is 10.2 Å². The number of hydrogen-bond donors (Lipinski definition) is 1. The minimum Gasteiger partial charge on any atom is -0.356 e. The lowest BCUT2D eigenvalue weighted by Crippen LogP contribution is -2.40. The SMILES string of the molecule is CCNCC1CCCN(c2cc(CC)nc(C)n2)C1. The number of rotatable bonds is 5. The molecule has 1 N–H and O–H groups in total. The lowest BCUT2D eigenvalue weighted by molar-refractivity contribution is 0.394. The maximum atomic E-state index is 4.61. The van der Waals surface area contributed by atoms with Gasteiger partial charge in [0, 0.05) is 24.8 Å². The van der Waals surface area contributed by atoms with Gasteiger partial charge in [0.25, 0.3) is 0 Å². The molecule has 19 heavy (non-hydrogen) atoms. The largest absolute Gasteiger partial charge is 0.356 e. The normalized spacial score (nSPS) is 19.7. The number of anilines is 1. The van der Waals surface area contributed by atoms with E-state index >= 15 is 0 Å². The van der Waals surface area contributed by atoms with Crippen LogP contribution in [0.3, 0.4) is 0 Å². The van der Waals surface area contributed by atoms with Gasteiger partial charge in [-0.15, -0.1) is 0 Å². The lowest BCUT2D eigenvalue weighted by Gasteiger charge is -2.34. The molecule has 1 aromatic heterocycles. The second-order valence-corrected chi connectivity index (χ2v) is 5.38. The topological polar surface area (TPSA) is 41.0 Å². The van der Waals surface area contributed by atoms with E-state index in [1.165, 1.54) is 12.8 Å². The Hall–Kier alpha value is -1.16. The van der Waals surface area contributed by atoms with Crippen LogP contribution >= 0.6 is 0 Å². The van der Waals surface area contributed by atoms with Crippen LogP contribution in [-0.4, -0.2) is 36.1 Å². The fourth-order valence-corrected chi connectivity index (χ4v) is 2.74. The molecule has 0 spiro atoms. The second-order valence-electron chi connectivity index (χ2n) is 5.38. The van der Waals surface area contributed by atoms with Gasteiger partial charge >= 0.3 is 0 Å². The Morgan fingerprint density at radius 1 is 1.37 bits per heavy atom. The Morgan fingerprint density at radius 2 is 2.21 bits per heavy atom. The average molecular weight is 262 g/mol. The molecule has 1 aromatic rings. The number of piperidine rings is 1. The number of nitrogens with one attached hydrogen (secondary N) is 1. The summed E-state index contributed by atoms with van der Waals surface area (Å²) in [7, 11) is 0. The first-order valence-corrected chi connectivity index (χ1v) is 7.53. The Kier molecular flexibility index (Phi) is 5.14. The van der Waals surface area contributed by atoms with Crippen LogP contribution in [0.2, 0.25) is 0 Å². The van der Waals surface area contributed by atoms with Crippen LogP contribution in [0.25, 0.3) is 0 Å². The summed E-state index contributed by atoms with van der Waals surface area (Å²) in [5, 5.41) is 3.46. The molecule has 1 saturated heterocycles. The molecule has 2 rings (SSSR count). The summed E-state index contributed by atoms with van der Waals surface area (Å²) in [6, 6.07) is 2.16. The highest BCUT2D eigenvalue weighted by atomic mass is 15.2. The molecule has 2 heterocycles. The van der Waals surface area contributed by atoms with Crippen molar-refractivity contribution in [2.24, 2.45) is 5.92 Å². The van der Waals surface area contributed by atoms with Gasteiger partial charge in [-0.25, -0.2) is 9.97 Å². The van der Waals surface area contributed by atoms with Crippen LogP contribution in [0, 0.1) is 12.8 Å². The monoisotopic (exact) mass is 262 g/mol. The Bertz CT molecular complexity index is 405. The van der Waals surface area contributed by atoms with Crippen LogP contribution in [0.4, 0.5) is 5.82 Å². The summed E-state index contributed by atoms with van der Waals surface area (Å²) in [6.07, 6.45) is 3.57. The maximum absolute atomic E-state index is 4.61. The van der Waals surface area contributed by atoms with Gasteiger partial charge in [-0.05, 0) is 45.2 Å². The van der Waals surface area contributed by atoms with Crippen LogP contribution < -0.4 is 10.2 Å². The zero-order valence-corrected chi connectivity index (χ0v) is 12.4. The summed E-state index contributed by atoms with van der Waals surface area (Å²) in [6.45, 7) is 10.7. The summed E-state index contributed by atoms with van der Waals surface area (Å²) in [4.78, 5) is 11.5. The number of hydrogen-bond acceptors (Lipinski definition) is 4. The van der Waals surface area contributed by atoms with Crippen molar-refractivity contribution < 1.29 is 0 Å². The average Bonchev–Trinajstić information content (AvgIpc) is 2.44. The van der Waals surface area contributed by atoms with Gasteiger partial charge in [-0.3, -0.25) is 0 Å². The highest BCUT2D eigenvalue weighted by molar-refractivity contribution is 5.40. The van der Waals surface area contributed by atoms with Crippen LogP contribution in [0.5, 0.6) is 0 Å². The fourth-order valence-electron chi connectivity index (χ4n) is 2.74. The highest BCUT2D eigenvalue weighted by Crippen LogP contribution is 2.22. The number of aromatic nitrogens is 2. The van der Waals surface area contributed by atoms with Crippen LogP contribution in [0.15, 0.2) is 6.07 Å².